The van der Waals surface area contributed by atoms with Crippen molar-refractivity contribution in [1.82, 2.24) is 10.6 Å². The molecule has 0 spiro atoms. The summed E-state index contributed by atoms with van der Waals surface area (Å²) in [6.07, 6.45) is 6.62. The fraction of sp³-hybridized carbons (Fsp3) is 0.500. The van der Waals surface area contributed by atoms with Crippen molar-refractivity contribution in [1.29, 1.82) is 0 Å². The third-order valence-electron chi connectivity index (χ3n) is 4.15. The van der Waals surface area contributed by atoms with E-state index in [1.807, 2.05) is 51.1 Å². The second kappa shape index (κ2) is 8.19. The molecule has 0 saturated heterocycles. The third kappa shape index (κ3) is 6.61. The first-order chi connectivity index (χ1) is 11.8. The van der Waals surface area contributed by atoms with Gasteiger partial charge in [-0.05, 0) is 45.3 Å². The fourth-order valence-corrected chi connectivity index (χ4v) is 2.97. The lowest BCUT2D eigenvalue weighted by Crippen LogP contribution is -2.54. The molecule has 2 amide bonds. The summed E-state index contributed by atoms with van der Waals surface area (Å²) in [6.45, 7) is 5.92. The molecule has 0 heterocycles. The Balaban J connectivity index is 1.89. The standard InChI is InChI=1S/C20H28N2O3/c1-19(2,3)25-18(24)22-20(13-7-8-14-20)15-21-17(23)12-11-16-9-5-4-6-10-16/h4-6,9-12H,7-8,13-15H2,1-3H3,(H,21,23)(H,22,24). The van der Waals surface area contributed by atoms with Crippen LogP contribution in [0.5, 0.6) is 0 Å². The molecule has 2 rings (SSSR count). The van der Waals surface area contributed by atoms with Crippen LogP contribution in [0.2, 0.25) is 0 Å². The van der Waals surface area contributed by atoms with Crippen molar-refractivity contribution in [3.63, 3.8) is 0 Å². The van der Waals surface area contributed by atoms with Crippen molar-refractivity contribution in [3.05, 3.63) is 42.0 Å². The number of hydrogen-bond acceptors (Lipinski definition) is 3. The van der Waals surface area contributed by atoms with Gasteiger partial charge in [-0.1, -0.05) is 43.2 Å². The molecule has 0 aliphatic heterocycles. The molecular weight excluding hydrogens is 316 g/mol. The molecule has 0 unspecified atom stereocenters. The Morgan fingerprint density at radius 2 is 1.80 bits per heavy atom. The number of carbonyl (C=O) groups excluding carboxylic acids is 2. The number of amides is 2. The molecule has 0 atom stereocenters. The van der Waals surface area contributed by atoms with E-state index in [9.17, 15) is 9.59 Å². The van der Waals surface area contributed by atoms with Crippen LogP contribution in [0.1, 0.15) is 52.0 Å². The average Bonchev–Trinajstić information content (AvgIpc) is 2.99. The van der Waals surface area contributed by atoms with Gasteiger partial charge in [0.05, 0.1) is 5.54 Å². The summed E-state index contributed by atoms with van der Waals surface area (Å²) in [5, 5.41) is 5.89. The predicted molar refractivity (Wildman–Crippen MR) is 99.1 cm³/mol. The molecular formula is C20H28N2O3. The highest BCUT2D eigenvalue weighted by atomic mass is 16.6. The van der Waals surface area contributed by atoms with Gasteiger partial charge in [0.2, 0.25) is 5.91 Å². The minimum Gasteiger partial charge on any atom is -0.444 e. The summed E-state index contributed by atoms with van der Waals surface area (Å²) in [6, 6.07) is 9.66. The van der Waals surface area contributed by atoms with Crippen molar-refractivity contribution in [2.24, 2.45) is 0 Å². The Bertz CT molecular complexity index is 612. The number of ether oxygens (including phenoxy) is 1. The van der Waals surface area contributed by atoms with Gasteiger partial charge in [0.25, 0.3) is 0 Å². The molecule has 1 aromatic carbocycles. The molecule has 5 heteroatoms. The Hall–Kier alpha value is -2.30. The maximum atomic E-state index is 12.1. The first-order valence-electron chi connectivity index (χ1n) is 8.80. The molecule has 1 saturated carbocycles. The van der Waals surface area contributed by atoms with E-state index in [0.29, 0.717) is 6.54 Å². The zero-order valence-corrected chi connectivity index (χ0v) is 15.3. The van der Waals surface area contributed by atoms with E-state index in [1.165, 1.54) is 6.08 Å². The van der Waals surface area contributed by atoms with Crippen molar-refractivity contribution >= 4 is 18.1 Å². The van der Waals surface area contributed by atoms with Gasteiger partial charge in [-0.3, -0.25) is 4.79 Å². The van der Waals surface area contributed by atoms with Crippen LogP contribution >= 0.6 is 0 Å². The molecule has 1 aliphatic rings. The van der Waals surface area contributed by atoms with E-state index in [1.54, 1.807) is 6.08 Å². The summed E-state index contributed by atoms with van der Waals surface area (Å²) in [5.41, 5.74) is 0.0181. The topological polar surface area (TPSA) is 67.4 Å². The van der Waals surface area contributed by atoms with E-state index >= 15 is 0 Å². The largest absolute Gasteiger partial charge is 0.444 e. The van der Waals surface area contributed by atoms with Crippen LogP contribution < -0.4 is 10.6 Å². The van der Waals surface area contributed by atoms with Crippen molar-refractivity contribution in [2.45, 2.75) is 57.6 Å². The zero-order chi connectivity index (χ0) is 18.3. The molecule has 5 nitrogen and oxygen atoms in total. The first kappa shape index (κ1) is 19.0. The monoisotopic (exact) mass is 344 g/mol. The minimum atomic E-state index is -0.536. The summed E-state index contributed by atoms with van der Waals surface area (Å²) >= 11 is 0. The molecule has 0 radical (unpaired) electrons. The molecule has 25 heavy (non-hydrogen) atoms. The summed E-state index contributed by atoms with van der Waals surface area (Å²) in [5.74, 6) is -0.166. The second-order valence-corrected chi connectivity index (χ2v) is 7.58. The minimum absolute atomic E-state index is 0.166. The van der Waals surface area contributed by atoms with E-state index in [4.69, 9.17) is 4.74 Å². The Labute approximate surface area is 149 Å². The number of rotatable bonds is 5. The molecule has 1 fully saturated rings. The highest BCUT2D eigenvalue weighted by Gasteiger charge is 2.36. The van der Waals surface area contributed by atoms with Gasteiger partial charge in [-0.2, -0.15) is 0 Å². The lowest BCUT2D eigenvalue weighted by atomic mass is 9.97. The number of nitrogens with one attached hydrogen (secondary N) is 2. The van der Waals surface area contributed by atoms with Gasteiger partial charge in [-0.15, -0.1) is 0 Å². The average molecular weight is 344 g/mol. The van der Waals surface area contributed by atoms with Crippen molar-refractivity contribution < 1.29 is 14.3 Å². The number of carbonyl (C=O) groups is 2. The van der Waals surface area contributed by atoms with Crippen LogP contribution in [0.15, 0.2) is 36.4 Å². The van der Waals surface area contributed by atoms with Crippen molar-refractivity contribution in [2.75, 3.05) is 6.54 Å². The molecule has 2 N–H and O–H groups in total. The van der Waals surface area contributed by atoms with Gasteiger partial charge < -0.3 is 15.4 Å². The zero-order valence-electron chi connectivity index (χ0n) is 15.3. The van der Waals surface area contributed by atoms with E-state index in [0.717, 1.165) is 31.2 Å². The van der Waals surface area contributed by atoms with Crippen LogP contribution in [-0.4, -0.2) is 29.7 Å². The van der Waals surface area contributed by atoms with Crippen LogP contribution in [0, 0.1) is 0 Å². The van der Waals surface area contributed by atoms with Gasteiger partial charge in [0.15, 0.2) is 0 Å². The molecule has 1 aliphatic carbocycles. The maximum absolute atomic E-state index is 12.1. The Morgan fingerprint density at radius 1 is 1.16 bits per heavy atom. The summed E-state index contributed by atoms with van der Waals surface area (Å²) in [7, 11) is 0. The molecule has 1 aromatic rings. The van der Waals surface area contributed by atoms with Crippen LogP contribution in [0.25, 0.3) is 6.08 Å². The first-order valence-corrected chi connectivity index (χ1v) is 8.80. The van der Waals surface area contributed by atoms with Crippen LogP contribution in [0.3, 0.4) is 0 Å². The van der Waals surface area contributed by atoms with E-state index in [-0.39, 0.29) is 5.91 Å². The lowest BCUT2D eigenvalue weighted by molar-refractivity contribution is -0.116. The van der Waals surface area contributed by atoms with Crippen molar-refractivity contribution in [3.8, 4) is 0 Å². The summed E-state index contributed by atoms with van der Waals surface area (Å²) < 4.78 is 5.36. The Morgan fingerprint density at radius 3 is 2.40 bits per heavy atom. The van der Waals surface area contributed by atoms with Gasteiger partial charge in [-0.25, -0.2) is 4.79 Å². The highest BCUT2D eigenvalue weighted by Crippen LogP contribution is 2.29. The smallest absolute Gasteiger partial charge is 0.408 e. The number of alkyl carbamates (subject to hydrolysis) is 1. The van der Waals surface area contributed by atoms with Gasteiger partial charge in [0.1, 0.15) is 5.60 Å². The fourth-order valence-electron chi connectivity index (χ4n) is 2.97. The number of benzene rings is 1. The summed E-state index contributed by atoms with van der Waals surface area (Å²) in [4.78, 5) is 24.2. The van der Waals surface area contributed by atoms with Crippen LogP contribution in [0.4, 0.5) is 4.79 Å². The highest BCUT2D eigenvalue weighted by molar-refractivity contribution is 5.91. The molecule has 0 aromatic heterocycles. The molecule has 136 valence electrons. The van der Waals surface area contributed by atoms with Crippen LogP contribution in [-0.2, 0) is 9.53 Å². The molecule has 0 bridgehead atoms. The van der Waals surface area contributed by atoms with E-state index < -0.39 is 17.2 Å². The van der Waals surface area contributed by atoms with E-state index in [2.05, 4.69) is 10.6 Å². The van der Waals surface area contributed by atoms with Gasteiger partial charge in [0, 0.05) is 12.6 Å². The van der Waals surface area contributed by atoms with Gasteiger partial charge >= 0.3 is 6.09 Å². The Kier molecular flexibility index (Phi) is 6.23. The third-order valence-corrected chi connectivity index (χ3v) is 4.15. The quantitative estimate of drug-likeness (QED) is 0.801. The normalized spacial score (nSPS) is 16.6. The lowest BCUT2D eigenvalue weighted by Gasteiger charge is -2.31. The predicted octanol–water partition coefficient (Wildman–Crippen LogP) is 3.65. The number of hydrogen-bond donors (Lipinski definition) is 2. The second-order valence-electron chi connectivity index (χ2n) is 7.58. The maximum Gasteiger partial charge on any atom is 0.408 e. The SMILES string of the molecule is CC(C)(C)OC(=O)NC1(CNC(=O)C=Cc2ccccc2)CCCC1.